The minimum atomic E-state index is -0.684. The molecule has 2 rings (SSSR count). The van der Waals surface area contributed by atoms with E-state index in [0.29, 0.717) is 0 Å². The monoisotopic (exact) mass is 229 g/mol. The topological polar surface area (TPSA) is 85.3 Å². The highest BCUT2D eigenvalue weighted by Gasteiger charge is 1.94. The number of nitrogens with two attached hydrogens (primary N) is 1. The van der Waals surface area contributed by atoms with Gasteiger partial charge in [0.15, 0.2) is 0 Å². The van der Waals surface area contributed by atoms with Crippen molar-refractivity contribution in [2.45, 2.75) is 0 Å². The average Bonchev–Trinajstić information content (AvgIpc) is 2.83. The lowest BCUT2D eigenvalue weighted by Gasteiger charge is -2.01. The van der Waals surface area contributed by atoms with Crippen molar-refractivity contribution in [3.8, 4) is 5.69 Å². The molecule has 1 heterocycles. The minimum absolute atomic E-state index is 0.684. The molecule has 0 bridgehead atoms. The number of rotatable bonds is 3. The maximum Gasteiger partial charge on any atom is 0.332 e. The maximum atomic E-state index is 10.4. The Morgan fingerprint density at radius 3 is 2.76 bits per heavy atom. The summed E-state index contributed by atoms with van der Waals surface area (Å²) in [7, 11) is 0. The smallest absolute Gasteiger partial charge is 0.332 e. The lowest BCUT2D eigenvalue weighted by Crippen LogP contribution is -2.24. The van der Waals surface area contributed by atoms with Gasteiger partial charge in [-0.25, -0.2) is 15.2 Å². The SMILES string of the molecule is NC(=O)N/N=C/c1ccc(-n2ccnc2)cc1. The summed E-state index contributed by atoms with van der Waals surface area (Å²) >= 11 is 0. The van der Waals surface area contributed by atoms with Crippen molar-refractivity contribution < 1.29 is 4.79 Å². The first-order valence-electron chi connectivity index (χ1n) is 4.92. The van der Waals surface area contributed by atoms with E-state index in [-0.39, 0.29) is 0 Å². The number of aromatic nitrogens is 2. The van der Waals surface area contributed by atoms with Crippen LogP contribution in [-0.4, -0.2) is 21.8 Å². The molecular weight excluding hydrogens is 218 g/mol. The molecule has 3 N–H and O–H groups in total. The van der Waals surface area contributed by atoms with Gasteiger partial charge in [0.05, 0.1) is 12.5 Å². The predicted octanol–water partition coefficient (Wildman–Crippen LogP) is 0.874. The second-order valence-corrected chi connectivity index (χ2v) is 3.30. The van der Waals surface area contributed by atoms with Crippen LogP contribution in [0.4, 0.5) is 4.79 Å². The van der Waals surface area contributed by atoms with Crippen LogP contribution >= 0.6 is 0 Å². The molecule has 86 valence electrons. The molecule has 0 aliphatic rings. The largest absolute Gasteiger partial charge is 0.350 e. The number of benzene rings is 1. The second-order valence-electron chi connectivity index (χ2n) is 3.30. The molecule has 0 saturated carbocycles. The lowest BCUT2D eigenvalue weighted by atomic mass is 10.2. The minimum Gasteiger partial charge on any atom is -0.350 e. The van der Waals surface area contributed by atoms with E-state index >= 15 is 0 Å². The van der Waals surface area contributed by atoms with E-state index in [0.717, 1.165) is 11.3 Å². The molecule has 1 aromatic heterocycles. The Labute approximate surface area is 97.8 Å². The number of hydrogen-bond acceptors (Lipinski definition) is 3. The van der Waals surface area contributed by atoms with Crippen molar-refractivity contribution in [2.24, 2.45) is 10.8 Å². The number of urea groups is 1. The molecule has 2 aromatic rings. The number of nitrogens with zero attached hydrogens (tertiary/aromatic N) is 3. The first-order valence-corrected chi connectivity index (χ1v) is 4.92. The fourth-order valence-corrected chi connectivity index (χ4v) is 1.31. The summed E-state index contributed by atoms with van der Waals surface area (Å²) in [6, 6.07) is 6.92. The molecular formula is C11H11N5O. The van der Waals surface area contributed by atoms with Crippen molar-refractivity contribution in [3.05, 3.63) is 48.5 Å². The molecule has 6 heteroatoms. The molecule has 2 amide bonds. The molecule has 0 spiro atoms. The molecule has 6 nitrogen and oxygen atoms in total. The highest BCUT2D eigenvalue weighted by molar-refractivity contribution is 5.81. The first-order chi connectivity index (χ1) is 8.25. The molecule has 0 aliphatic heterocycles. The number of carbonyl (C=O) groups excluding carboxylic acids is 1. The average molecular weight is 229 g/mol. The molecule has 0 aliphatic carbocycles. The Hall–Kier alpha value is -2.63. The highest BCUT2D eigenvalue weighted by atomic mass is 16.2. The molecule has 0 unspecified atom stereocenters. The van der Waals surface area contributed by atoms with E-state index < -0.39 is 6.03 Å². The third kappa shape index (κ3) is 2.91. The Kier molecular flexibility index (Phi) is 3.15. The first kappa shape index (κ1) is 10.9. The third-order valence-corrected chi connectivity index (χ3v) is 2.08. The Bertz CT molecular complexity index is 515. The quantitative estimate of drug-likeness (QED) is 0.604. The Morgan fingerprint density at radius 1 is 1.41 bits per heavy atom. The molecule has 0 atom stereocenters. The number of hydrazone groups is 1. The number of imidazole rings is 1. The lowest BCUT2D eigenvalue weighted by molar-refractivity contribution is 0.249. The Balaban J connectivity index is 2.08. The number of primary amides is 1. The van der Waals surface area contributed by atoms with Crippen molar-refractivity contribution in [2.75, 3.05) is 0 Å². The van der Waals surface area contributed by atoms with Gasteiger partial charge in [-0.3, -0.25) is 0 Å². The van der Waals surface area contributed by atoms with Crippen LogP contribution in [0.3, 0.4) is 0 Å². The number of carbonyl (C=O) groups is 1. The van der Waals surface area contributed by atoms with Gasteiger partial charge in [0.25, 0.3) is 0 Å². The van der Waals surface area contributed by atoms with E-state index in [4.69, 9.17) is 5.73 Å². The number of hydrogen-bond donors (Lipinski definition) is 2. The normalized spacial score (nSPS) is 10.6. The zero-order valence-electron chi connectivity index (χ0n) is 8.95. The molecule has 0 saturated heterocycles. The second kappa shape index (κ2) is 4.93. The van der Waals surface area contributed by atoms with E-state index in [1.165, 1.54) is 6.21 Å². The van der Waals surface area contributed by atoms with Crippen molar-refractivity contribution in [1.82, 2.24) is 15.0 Å². The maximum absolute atomic E-state index is 10.4. The summed E-state index contributed by atoms with van der Waals surface area (Å²) in [5.41, 5.74) is 8.87. The molecule has 0 radical (unpaired) electrons. The van der Waals surface area contributed by atoms with E-state index in [2.05, 4.69) is 15.5 Å². The van der Waals surface area contributed by atoms with Gasteiger partial charge in [-0.05, 0) is 17.7 Å². The molecule has 17 heavy (non-hydrogen) atoms. The number of nitrogens with one attached hydrogen (secondary N) is 1. The van der Waals surface area contributed by atoms with Crippen LogP contribution in [0.5, 0.6) is 0 Å². The van der Waals surface area contributed by atoms with Crippen molar-refractivity contribution in [3.63, 3.8) is 0 Å². The summed E-state index contributed by atoms with van der Waals surface area (Å²) in [5.74, 6) is 0. The number of amides is 2. The van der Waals surface area contributed by atoms with Crippen LogP contribution in [0.2, 0.25) is 0 Å². The van der Waals surface area contributed by atoms with Crippen LogP contribution < -0.4 is 11.2 Å². The van der Waals surface area contributed by atoms with E-state index in [1.807, 2.05) is 35.0 Å². The van der Waals surface area contributed by atoms with Crippen LogP contribution in [0.1, 0.15) is 5.56 Å². The fraction of sp³-hybridized carbons (Fsp3) is 0. The van der Waals surface area contributed by atoms with Crippen LogP contribution in [0, 0.1) is 0 Å². The van der Waals surface area contributed by atoms with Crippen LogP contribution in [-0.2, 0) is 0 Å². The van der Waals surface area contributed by atoms with Gasteiger partial charge in [-0.2, -0.15) is 5.10 Å². The van der Waals surface area contributed by atoms with Gasteiger partial charge < -0.3 is 10.3 Å². The molecule has 1 aromatic carbocycles. The summed E-state index contributed by atoms with van der Waals surface area (Å²) in [6.07, 6.45) is 6.81. The van der Waals surface area contributed by atoms with E-state index in [1.54, 1.807) is 12.5 Å². The van der Waals surface area contributed by atoms with Gasteiger partial charge in [0, 0.05) is 18.1 Å². The summed E-state index contributed by atoms with van der Waals surface area (Å²) < 4.78 is 1.89. The fourth-order valence-electron chi connectivity index (χ4n) is 1.31. The summed E-state index contributed by atoms with van der Waals surface area (Å²) in [6.45, 7) is 0. The third-order valence-electron chi connectivity index (χ3n) is 2.08. The Morgan fingerprint density at radius 2 is 2.18 bits per heavy atom. The van der Waals surface area contributed by atoms with E-state index in [9.17, 15) is 4.79 Å². The van der Waals surface area contributed by atoms with Crippen LogP contribution in [0.25, 0.3) is 5.69 Å². The van der Waals surface area contributed by atoms with Gasteiger partial charge in [-0.15, -0.1) is 0 Å². The van der Waals surface area contributed by atoms with Gasteiger partial charge in [-0.1, -0.05) is 12.1 Å². The zero-order valence-corrected chi connectivity index (χ0v) is 8.95. The van der Waals surface area contributed by atoms with Gasteiger partial charge >= 0.3 is 6.03 Å². The van der Waals surface area contributed by atoms with Crippen molar-refractivity contribution >= 4 is 12.2 Å². The van der Waals surface area contributed by atoms with Crippen LogP contribution in [0.15, 0.2) is 48.1 Å². The van der Waals surface area contributed by atoms with Gasteiger partial charge in [0.2, 0.25) is 0 Å². The standard InChI is InChI=1S/C11H11N5O/c12-11(17)15-14-7-9-1-3-10(4-2-9)16-6-5-13-8-16/h1-8H,(H3,12,15,17)/b14-7+. The molecule has 0 fully saturated rings. The summed E-state index contributed by atoms with van der Waals surface area (Å²) in [5, 5.41) is 3.66. The predicted molar refractivity (Wildman–Crippen MR) is 63.9 cm³/mol. The van der Waals surface area contributed by atoms with Gasteiger partial charge in [0.1, 0.15) is 0 Å². The summed E-state index contributed by atoms with van der Waals surface area (Å²) in [4.78, 5) is 14.4. The highest BCUT2D eigenvalue weighted by Crippen LogP contribution is 2.07. The van der Waals surface area contributed by atoms with Crippen molar-refractivity contribution in [1.29, 1.82) is 0 Å². The zero-order chi connectivity index (χ0) is 12.1.